The highest BCUT2D eigenvalue weighted by Gasteiger charge is 2.64. The number of rotatable bonds is 23. The largest absolute Gasteiger partial charge is 0.495 e. The molecule has 2 fully saturated rings. The van der Waals surface area contributed by atoms with E-state index in [0.29, 0.717) is 59.0 Å². The van der Waals surface area contributed by atoms with Gasteiger partial charge in [0.1, 0.15) is 46.8 Å². The van der Waals surface area contributed by atoms with E-state index < -0.39 is 96.1 Å². The Morgan fingerprint density at radius 2 is 1.71 bits per heavy atom. The number of anilines is 3. The van der Waals surface area contributed by atoms with Crippen LogP contribution in [0.4, 0.5) is 31.4 Å². The van der Waals surface area contributed by atoms with Crippen LogP contribution in [0.5, 0.6) is 5.75 Å². The quantitative estimate of drug-likeness (QED) is 0.0179. The number of hydrogen-bond donors (Lipinski definition) is 8. The first-order valence-electron chi connectivity index (χ1n) is 27.5. The van der Waals surface area contributed by atoms with Crippen molar-refractivity contribution in [1.82, 2.24) is 21.3 Å². The predicted molar refractivity (Wildman–Crippen MR) is 319 cm³/mol. The minimum Gasteiger partial charge on any atom is -0.495 e. The number of allylic oxidation sites excluding steroid dienone is 3. The summed E-state index contributed by atoms with van der Waals surface area (Å²) in [5.41, 5.74) is 5.08. The van der Waals surface area contributed by atoms with Crippen molar-refractivity contribution in [3.8, 4) is 5.75 Å². The number of epoxide rings is 1. The van der Waals surface area contributed by atoms with Gasteiger partial charge in [-0.05, 0) is 107 Å². The van der Waals surface area contributed by atoms with Crippen LogP contribution < -0.4 is 47.3 Å². The first-order chi connectivity index (χ1) is 39.3. The zero-order valence-corrected chi connectivity index (χ0v) is 52.3. The summed E-state index contributed by atoms with van der Waals surface area (Å²) in [5.74, 6) is -3.35. The van der Waals surface area contributed by atoms with Crippen LogP contribution in [-0.2, 0) is 54.1 Å². The molecule has 9 atom stereocenters. The van der Waals surface area contributed by atoms with Crippen molar-refractivity contribution in [2.75, 3.05) is 60.6 Å². The molecule has 5 rings (SSSR count). The molecule has 3 aliphatic rings. The Kier molecular flexibility index (Phi) is 25.5. The molecule has 4 bridgehead atoms. The number of primary amides is 1. The number of carbonyl (C=O) groups excluding carboxylic acids is 8. The number of amides is 8. The Balaban J connectivity index is 1.31. The van der Waals surface area contributed by atoms with Crippen molar-refractivity contribution in [3.63, 3.8) is 0 Å². The van der Waals surface area contributed by atoms with Gasteiger partial charge in [-0.1, -0.05) is 88.0 Å². The topological polar surface area (TPSA) is 317 Å². The third-order valence-corrected chi connectivity index (χ3v) is 16.7. The Morgan fingerprint density at radius 3 is 2.36 bits per heavy atom. The first kappa shape index (κ1) is 67.8. The molecule has 2 aromatic carbocycles. The number of urea groups is 1. The molecular weight excluding hydrogens is 1230 g/mol. The van der Waals surface area contributed by atoms with Crippen molar-refractivity contribution in [2.45, 2.75) is 147 Å². The summed E-state index contributed by atoms with van der Waals surface area (Å²) in [6.07, 6.45) is 1.38. The molecule has 26 heteroatoms. The maximum Gasteiger partial charge on any atom is 0.412 e. The van der Waals surface area contributed by atoms with Gasteiger partial charge in [0.2, 0.25) is 23.6 Å². The van der Waals surface area contributed by atoms with Crippen LogP contribution in [-0.4, -0.2) is 146 Å². The summed E-state index contributed by atoms with van der Waals surface area (Å²) >= 11 is 13.4. The van der Waals surface area contributed by atoms with E-state index in [-0.39, 0.29) is 73.3 Å². The lowest BCUT2D eigenvalue weighted by molar-refractivity contribution is -0.147. The van der Waals surface area contributed by atoms with Crippen LogP contribution in [0.3, 0.4) is 0 Å². The number of aliphatic hydroxyl groups is 1. The van der Waals surface area contributed by atoms with Crippen molar-refractivity contribution < 1.29 is 71.9 Å². The van der Waals surface area contributed by atoms with Gasteiger partial charge in [-0.3, -0.25) is 34.6 Å². The Bertz CT molecular complexity index is 2730. The second-order valence-electron chi connectivity index (χ2n) is 21.6. The molecule has 0 spiro atoms. The number of nitrogens with two attached hydrogens (primary N) is 1. The number of ether oxygens (including phenoxy) is 6. The lowest BCUT2D eigenvalue weighted by Gasteiger charge is -2.42. The molecular formula is C57H79Br2ClN8O15. The molecule has 3 aliphatic heterocycles. The number of carbonyl (C=O) groups is 8. The van der Waals surface area contributed by atoms with E-state index in [4.69, 9.17) is 45.8 Å². The lowest BCUT2D eigenvalue weighted by atomic mass is 9.83. The molecule has 23 nitrogen and oxygen atoms in total. The van der Waals surface area contributed by atoms with Crippen LogP contribution in [0.25, 0.3) is 0 Å². The molecule has 0 saturated carbocycles. The van der Waals surface area contributed by atoms with E-state index in [1.54, 1.807) is 72.0 Å². The molecule has 0 radical (unpaired) electrons. The van der Waals surface area contributed by atoms with Crippen molar-refractivity contribution in [1.29, 1.82) is 0 Å². The van der Waals surface area contributed by atoms with E-state index in [1.165, 1.54) is 31.3 Å². The number of methoxy groups -OCH3 is 2. The molecule has 0 aromatic heterocycles. The number of benzene rings is 2. The van der Waals surface area contributed by atoms with E-state index >= 15 is 0 Å². The third kappa shape index (κ3) is 19.0. The van der Waals surface area contributed by atoms with Gasteiger partial charge in [-0.25, -0.2) is 14.4 Å². The van der Waals surface area contributed by atoms with E-state index in [0.717, 1.165) is 11.1 Å². The van der Waals surface area contributed by atoms with Crippen molar-refractivity contribution in [3.05, 3.63) is 70.3 Å². The van der Waals surface area contributed by atoms with Gasteiger partial charge >= 0.3 is 24.2 Å². The van der Waals surface area contributed by atoms with Crippen molar-refractivity contribution in [2.24, 2.45) is 23.5 Å². The zero-order chi connectivity index (χ0) is 61.3. The minimum atomic E-state index is -1.90. The van der Waals surface area contributed by atoms with Gasteiger partial charge in [0, 0.05) is 61.5 Å². The molecule has 2 saturated heterocycles. The van der Waals surface area contributed by atoms with Crippen molar-refractivity contribution >= 4 is 108 Å². The number of esters is 1. The zero-order valence-electron chi connectivity index (χ0n) is 48.3. The van der Waals surface area contributed by atoms with E-state index in [1.807, 2.05) is 13.0 Å². The second kappa shape index (κ2) is 31.2. The van der Waals surface area contributed by atoms with Crippen LogP contribution >= 0.6 is 43.5 Å². The molecule has 9 N–H and O–H groups in total. The fourth-order valence-electron chi connectivity index (χ4n) is 9.83. The van der Waals surface area contributed by atoms with Gasteiger partial charge in [0.15, 0.2) is 5.72 Å². The highest BCUT2D eigenvalue weighted by molar-refractivity contribution is 9.09. The summed E-state index contributed by atoms with van der Waals surface area (Å²) < 4.78 is 34.8. The molecule has 458 valence electrons. The number of fused-ring (bicyclic) bond motifs is 5. The molecule has 0 unspecified atom stereocenters. The van der Waals surface area contributed by atoms with Crippen LogP contribution in [0.15, 0.2) is 54.1 Å². The number of nitrogens with zero attached hydrogens (tertiary/aromatic N) is 1. The number of hydrogen-bond acceptors (Lipinski definition) is 15. The molecule has 83 heavy (non-hydrogen) atoms. The fourth-order valence-corrected chi connectivity index (χ4v) is 11.7. The summed E-state index contributed by atoms with van der Waals surface area (Å²) in [5, 5.41) is 29.1. The van der Waals surface area contributed by atoms with Crippen LogP contribution in [0.2, 0.25) is 5.02 Å². The maximum atomic E-state index is 14.4. The summed E-state index contributed by atoms with van der Waals surface area (Å²) in [4.78, 5) is 107. The Hall–Kier alpha value is -5.99. The Labute approximate surface area is 506 Å². The molecule has 8 amide bonds. The number of nitrogens with one attached hydrogen (secondary N) is 6. The predicted octanol–water partition coefficient (Wildman–Crippen LogP) is 7.20. The van der Waals surface area contributed by atoms with Gasteiger partial charge in [-0.2, -0.15) is 0 Å². The SMILES string of the molecule is COc1cc2cc(c1Cl)N(C)C(=O)C[C@H](OC(=O)Nc1ccc(NC(=O)[C@H](CCCNC(N)=O)NC(=O)[C@@H](NC(=O)CCCCCOC(=O)C(CBr)CBr)C(C)C)c(C)c1)[C@]1(C)O[C@H]1[C@H](C)[C@@H]1C[C@@](O)(NC(=O)O1)[C@H](OC)/C=C/C=C(\C)C2. The normalized spacial score (nSPS) is 24.3. The van der Waals surface area contributed by atoms with Crippen LogP contribution in [0, 0.1) is 24.7 Å². The molecule has 3 heterocycles. The molecule has 0 aliphatic carbocycles. The smallest absolute Gasteiger partial charge is 0.412 e. The maximum absolute atomic E-state index is 14.4. The van der Waals surface area contributed by atoms with E-state index in [9.17, 15) is 43.5 Å². The summed E-state index contributed by atoms with van der Waals surface area (Å²) in [6, 6.07) is 5.25. The van der Waals surface area contributed by atoms with Gasteiger partial charge in [0.05, 0.1) is 37.8 Å². The minimum absolute atomic E-state index is 0.0709. The molecule has 2 aromatic rings. The average molecular weight is 1310 g/mol. The fraction of sp³-hybridized carbons (Fsp3) is 0.579. The highest BCUT2D eigenvalue weighted by Crippen LogP contribution is 2.49. The third-order valence-electron chi connectivity index (χ3n) is 14.8. The standard InChI is InChI=1S/C57H79Br2ClN8O15/c1-31(2)48(66-45(69)18-11-10-12-22-80-52(73)36(29-58)30-59)51(72)65-39(16-14-21-62-53(61)74)50(71)64-38-20-19-37(24-33(38)4)63-54(75)82-44-27-46(70)68(7)40-25-35(26-41(78-8)47(40)60)23-32(3)15-13-17-43(79-9)57(77)28-42(81-55(76)67-57)34(5)49-56(44,6)83-49/h13,15,17,19-20,24-26,31,34,36,39,42-44,48-49,77H,10-12,14,16,18,21-23,27-30H2,1-9H3,(H,63,75)(H,64,71)(H,65,72)(H,66,69)(H,67,76)(H3,61,62,74)/b17-13+,32-15+/t34-,39+,42+,43-,44+,48+,49+,56+,57+/m1/s1. The second-order valence-corrected chi connectivity index (χ2v) is 23.3. The monoisotopic (exact) mass is 1310 g/mol. The summed E-state index contributed by atoms with van der Waals surface area (Å²) in [6.45, 7) is 10.9. The van der Waals surface area contributed by atoms with Gasteiger partial charge in [0.25, 0.3) is 0 Å². The first-order valence-corrected chi connectivity index (χ1v) is 30.1. The van der Waals surface area contributed by atoms with Gasteiger partial charge in [-0.15, -0.1) is 0 Å². The summed E-state index contributed by atoms with van der Waals surface area (Å²) in [7, 11) is 4.41. The number of halogens is 3. The van der Waals surface area contributed by atoms with Crippen LogP contribution in [0.1, 0.15) is 97.1 Å². The highest BCUT2D eigenvalue weighted by atomic mass is 79.9. The number of unbranched alkanes of at least 4 members (excludes halogenated alkanes) is 2. The average Bonchev–Trinajstić information content (AvgIpc) is 2.29. The number of alkyl carbamates (subject to hydrolysis) is 1. The number of aryl methyl sites for hydroxylation is 1. The van der Waals surface area contributed by atoms with E-state index in [2.05, 4.69) is 63.8 Å². The Morgan fingerprint density at radius 1 is 0.988 bits per heavy atom. The number of alkyl halides is 2. The lowest BCUT2D eigenvalue weighted by Crippen LogP contribution is -2.63. The van der Waals surface area contributed by atoms with Gasteiger partial charge < -0.3 is 65.4 Å².